The molecule has 0 atom stereocenters. The Hall–Kier alpha value is -0.440. The minimum Gasteiger partial charge on any atom is -0.440 e. The van der Waals surface area contributed by atoms with E-state index in [2.05, 4.69) is 18.8 Å². The molecule has 1 rings (SSSR count). The molecule has 0 saturated carbocycles. The van der Waals surface area contributed by atoms with Crippen molar-refractivity contribution in [3.05, 3.63) is 12.0 Å². The molecular formula is C7H11NOS. The summed E-state index contributed by atoms with van der Waals surface area (Å²) in [6.45, 7) is 6.16. The Morgan fingerprint density at radius 3 is 2.70 bits per heavy atom. The van der Waals surface area contributed by atoms with Crippen LogP contribution in [0.3, 0.4) is 0 Å². The SMILES string of the molecule is Cc1coc(SC(C)C)n1. The van der Waals surface area contributed by atoms with Gasteiger partial charge in [-0.1, -0.05) is 25.6 Å². The van der Waals surface area contributed by atoms with Crippen molar-refractivity contribution >= 4 is 11.8 Å². The Labute approximate surface area is 65.0 Å². The van der Waals surface area contributed by atoms with Gasteiger partial charge in [-0.05, 0) is 6.92 Å². The van der Waals surface area contributed by atoms with E-state index in [1.54, 1.807) is 18.0 Å². The summed E-state index contributed by atoms with van der Waals surface area (Å²) in [5.74, 6) is 0. The smallest absolute Gasteiger partial charge is 0.256 e. The maximum absolute atomic E-state index is 5.13. The van der Waals surface area contributed by atoms with Gasteiger partial charge in [0.1, 0.15) is 6.26 Å². The zero-order chi connectivity index (χ0) is 7.56. The summed E-state index contributed by atoms with van der Waals surface area (Å²) in [5, 5.41) is 1.31. The molecule has 0 aromatic carbocycles. The fraction of sp³-hybridized carbons (Fsp3) is 0.571. The number of hydrogen-bond donors (Lipinski definition) is 0. The van der Waals surface area contributed by atoms with Gasteiger partial charge in [0.05, 0.1) is 5.69 Å². The molecule has 1 aromatic heterocycles. The van der Waals surface area contributed by atoms with Crippen molar-refractivity contribution in [1.29, 1.82) is 0 Å². The molecule has 2 nitrogen and oxygen atoms in total. The van der Waals surface area contributed by atoms with Crippen LogP contribution in [0.1, 0.15) is 19.5 Å². The number of rotatable bonds is 2. The van der Waals surface area contributed by atoms with Gasteiger partial charge in [-0.3, -0.25) is 0 Å². The molecule has 10 heavy (non-hydrogen) atoms. The van der Waals surface area contributed by atoms with Gasteiger partial charge in [0, 0.05) is 5.25 Å². The van der Waals surface area contributed by atoms with Crippen LogP contribution in [0, 0.1) is 6.92 Å². The van der Waals surface area contributed by atoms with Crippen LogP contribution in [0.5, 0.6) is 0 Å². The van der Waals surface area contributed by atoms with Gasteiger partial charge in [0.2, 0.25) is 0 Å². The average Bonchev–Trinajstić information content (AvgIpc) is 2.13. The quantitative estimate of drug-likeness (QED) is 0.617. The summed E-state index contributed by atoms with van der Waals surface area (Å²) in [4.78, 5) is 4.15. The number of thioether (sulfide) groups is 1. The van der Waals surface area contributed by atoms with Gasteiger partial charge in [-0.15, -0.1) is 0 Å². The van der Waals surface area contributed by atoms with Crippen LogP contribution >= 0.6 is 11.8 Å². The predicted molar refractivity (Wildman–Crippen MR) is 42.2 cm³/mol. The van der Waals surface area contributed by atoms with Crippen molar-refractivity contribution in [1.82, 2.24) is 4.98 Å². The molecule has 0 spiro atoms. The van der Waals surface area contributed by atoms with E-state index in [-0.39, 0.29) is 0 Å². The highest BCUT2D eigenvalue weighted by Crippen LogP contribution is 2.20. The van der Waals surface area contributed by atoms with Crippen LogP contribution in [-0.4, -0.2) is 10.2 Å². The third-order valence-corrected chi connectivity index (χ3v) is 1.80. The second kappa shape index (κ2) is 3.10. The Morgan fingerprint density at radius 2 is 2.30 bits per heavy atom. The first kappa shape index (κ1) is 7.66. The van der Waals surface area contributed by atoms with Crippen LogP contribution in [-0.2, 0) is 0 Å². The highest BCUT2D eigenvalue weighted by Gasteiger charge is 2.02. The Kier molecular flexibility index (Phi) is 2.38. The lowest BCUT2D eigenvalue weighted by Gasteiger charge is -1.96. The zero-order valence-corrected chi connectivity index (χ0v) is 7.23. The molecular weight excluding hydrogens is 146 g/mol. The van der Waals surface area contributed by atoms with E-state index in [0.29, 0.717) is 5.25 Å². The molecule has 0 aliphatic carbocycles. The van der Waals surface area contributed by atoms with E-state index in [1.165, 1.54) is 0 Å². The molecule has 0 N–H and O–H groups in total. The Balaban J connectivity index is 2.58. The van der Waals surface area contributed by atoms with Crippen molar-refractivity contribution in [3.8, 4) is 0 Å². The molecule has 0 saturated heterocycles. The Morgan fingerprint density at radius 1 is 1.60 bits per heavy atom. The van der Waals surface area contributed by atoms with E-state index in [4.69, 9.17) is 4.42 Å². The lowest BCUT2D eigenvalue weighted by molar-refractivity contribution is 0.453. The van der Waals surface area contributed by atoms with Gasteiger partial charge in [0.15, 0.2) is 0 Å². The minimum absolute atomic E-state index is 0.540. The van der Waals surface area contributed by atoms with Crippen LogP contribution in [0.4, 0.5) is 0 Å². The topological polar surface area (TPSA) is 26.0 Å². The average molecular weight is 157 g/mol. The van der Waals surface area contributed by atoms with Gasteiger partial charge < -0.3 is 4.42 Å². The van der Waals surface area contributed by atoms with E-state index in [9.17, 15) is 0 Å². The lowest BCUT2D eigenvalue weighted by Crippen LogP contribution is -1.85. The normalized spacial score (nSPS) is 10.8. The fourth-order valence-electron chi connectivity index (χ4n) is 0.588. The van der Waals surface area contributed by atoms with Crippen molar-refractivity contribution in [3.63, 3.8) is 0 Å². The molecule has 0 amide bonds. The standard InChI is InChI=1S/C7H11NOS/c1-5(2)10-7-8-6(3)4-9-7/h4-5H,1-3H3. The lowest BCUT2D eigenvalue weighted by atomic mass is 10.6. The van der Waals surface area contributed by atoms with Crippen LogP contribution < -0.4 is 0 Å². The van der Waals surface area contributed by atoms with Crippen molar-refractivity contribution in [2.24, 2.45) is 0 Å². The van der Waals surface area contributed by atoms with Crippen molar-refractivity contribution < 1.29 is 4.42 Å². The van der Waals surface area contributed by atoms with Gasteiger partial charge >= 0.3 is 0 Å². The second-order valence-corrected chi connectivity index (χ2v) is 3.95. The summed E-state index contributed by atoms with van der Waals surface area (Å²) in [6.07, 6.45) is 1.67. The summed E-state index contributed by atoms with van der Waals surface area (Å²) in [5.41, 5.74) is 0.947. The highest BCUT2D eigenvalue weighted by atomic mass is 32.2. The summed E-state index contributed by atoms with van der Waals surface area (Å²) in [6, 6.07) is 0. The number of aryl methyl sites for hydroxylation is 1. The fourth-order valence-corrected chi connectivity index (χ4v) is 1.29. The molecule has 56 valence electrons. The predicted octanol–water partition coefficient (Wildman–Crippen LogP) is 2.48. The number of hydrogen-bond acceptors (Lipinski definition) is 3. The van der Waals surface area contributed by atoms with Gasteiger partial charge in [0.25, 0.3) is 5.22 Å². The second-order valence-electron chi connectivity index (χ2n) is 2.42. The highest BCUT2D eigenvalue weighted by molar-refractivity contribution is 7.99. The third kappa shape index (κ3) is 2.06. The zero-order valence-electron chi connectivity index (χ0n) is 6.42. The van der Waals surface area contributed by atoms with Crippen LogP contribution in [0.2, 0.25) is 0 Å². The van der Waals surface area contributed by atoms with E-state index in [0.717, 1.165) is 10.9 Å². The summed E-state index contributed by atoms with van der Waals surface area (Å²) < 4.78 is 5.13. The molecule has 0 bridgehead atoms. The van der Waals surface area contributed by atoms with E-state index >= 15 is 0 Å². The monoisotopic (exact) mass is 157 g/mol. The maximum Gasteiger partial charge on any atom is 0.256 e. The molecule has 0 fully saturated rings. The largest absolute Gasteiger partial charge is 0.440 e. The molecule has 1 heterocycles. The summed E-state index contributed by atoms with van der Waals surface area (Å²) in [7, 11) is 0. The molecule has 0 unspecified atom stereocenters. The first-order valence-corrected chi connectivity index (χ1v) is 4.15. The van der Waals surface area contributed by atoms with Gasteiger partial charge in [-0.25, -0.2) is 4.98 Å². The number of aromatic nitrogens is 1. The minimum atomic E-state index is 0.540. The molecule has 0 aliphatic heterocycles. The Bertz CT molecular complexity index is 207. The first-order chi connectivity index (χ1) is 4.68. The van der Waals surface area contributed by atoms with E-state index < -0.39 is 0 Å². The number of nitrogens with zero attached hydrogens (tertiary/aromatic N) is 1. The van der Waals surface area contributed by atoms with Crippen molar-refractivity contribution in [2.45, 2.75) is 31.2 Å². The van der Waals surface area contributed by atoms with Crippen LogP contribution in [0.15, 0.2) is 15.9 Å². The molecule has 0 aliphatic rings. The third-order valence-electron chi connectivity index (χ3n) is 0.934. The maximum atomic E-state index is 5.13. The molecule has 1 aromatic rings. The molecule has 3 heteroatoms. The van der Waals surface area contributed by atoms with Gasteiger partial charge in [-0.2, -0.15) is 0 Å². The number of oxazole rings is 1. The summed E-state index contributed by atoms with van der Waals surface area (Å²) >= 11 is 1.64. The first-order valence-electron chi connectivity index (χ1n) is 3.27. The van der Waals surface area contributed by atoms with E-state index in [1.807, 2.05) is 6.92 Å². The van der Waals surface area contributed by atoms with Crippen LogP contribution in [0.25, 0.3) is 0 Å². The molecule has 0 radical (unpaired) electrons. The van der Waals surface area contributed by atoms with Crippen molar-refractivity contribution in [2.75, 3.05) is 0 Å².